The highest BCUT2D eigenvalue weighted by atomic mass is 79.9. The molecule has 2 aromatic carbocycles. The van der Waals surface area contributed by atoms with Gasteiger partial charge in [-0.15, -0.1) is 0 Å². The Morgan fingerprint density at radius 2 is 1.45 bits per heavy atom. The van der Waals surface area contributed by atoms with Gasteiger partial charge in [0, 0.05) is 4.47 Å². The topological polar surface area (TPSA) is 35.5 Å². The minimum Gasteiger partial charge on any atom is -0.431 e. The maximum Gasteiger partial charge on any atom is 0.514 e. The normalized spacial score (nSPS) is 10.9. The van der Waals surface area contributed by atoms with Gasteiger partial charge in [-0.25, -0.2) is 4.79 Å². The van der Waals surface area contributed by atoms with Gasteiger partial charge in [0.25, 0.3) is 0 Å². The van der Waals surface area contributed by atoms with Gasteiger partial charge in [-0.3, -0.25) is 0 Å². The zero-order valence-corrected chi connectivity index (χ0v) is 14.0. The molecule has 0 fully saturated rings. The number of rotatable bonds is 4. The van der Waals surface area contributed by atoms with Crippen molar-refractivity contribution in [3.8, 4) is 5.75 Å². The molecular weight excluding hydrogens is 344 g/mol. The standard InChI is InChI=1S/C18H17BrO3/c1-13(2)21-18(20)22-17-11-7-15(8-12-17)4-3-14-5-9-16(19)10-6-14/h3-13H,1-2H3. The molecule has 3 nitrogen and oxygen atoms in total. The lowest BCUT2D eigenvalue weighted by Crippen LogP contribution is -2.15. The van der Waals surface area contributed by atoms with Crippen molar-refractivity contribution in [2.75, 3.05) is 0 Å². The van der Waals surface area contributed by atoms with Crippen LogP contribution in [0.5, 0.6) is 5.75 Å². The van der Waals surface area contributed by atoms with Crippen molar-refractivity contribution in [1.82, 2.24) is 0 Å². The van der Waals surface area contributed by atoms with Crippen LogP contribution >= 0.6 is 15.9 Å². The van der Waals surface area contributed by atoms with Crippen molar-refractivity contribution in [1.29, 1.82) is 0 Å². The molecule has 0 aliphatic carbocycles. The Bertz CT molecular complexity index is 643. The number of ether oxygens (including phenoxy) is 2. The Labute approximate surface area is 138 Å². The van der Waals surface area contributed by atoms with Crippen molar-refractivity contribution < 1.29 is 14.3 Å². The summed E-state index contributed by atoms with van der Waals surface area (Å²) in [5, 5.41) is 0. The highest BCUT2D eigenvalue weighted by Crippen LogP contribution is 2.16. The number of benzene rings is 2. The lowest BCUT2D eigenvalue weighted by Gasteiger charge is -2.08. The molecule has 0 saturated carbocycles. The van der Waals surface area contributed by atoms with E-state index in [4.69, 9.17) is 9.47 Å². The van der Waals surface area contributed by atoms with Crippen LogP contribution in [0.3, 0.4) is 0 Å². The van der Waals surface area contributed by atoms with E-state index in [0.717, 1.165) is 15.6 Å². The molecule has 0 aliphatic rings. The second-order valence-electron chi connectivity index (χ2n) is 4.97. The number of carbonyl (C=O) groups excluding carboxylic acids is 1. The van der Waals surface area contributed by atoms with E-state index in [1.54, 1.807) is 26.0 Å². The first kappa shape index (κ1) is 16.3. The van der Waals surface area contributed by atoms with Crippen LogP contribution in [0.2, 0.25) is 0 Å². The third-order valence-corrected chi connectivity index (χ3v) is 3.28. The first-order chi connectivity index (χ1) is 10.5. The zero-order chi connectivity index (χ0) is 15.9. The van der Waals surface area contributed by atoms with Crippen molar-refractivity contribution in [3.63, 3.8) is 0 Å². The van der Waals surface area contributed by atoms with Gasteiger partial charge in [0.15, 0.2) is 0 Å². The van der Waals surface area contributed by atoms with E-state index in [9.17, 15) is 4.79 Å². The molecule has 2 aromatic rings. The number of hydrogen-bond donors (Lipinski definition) is 0. The van der Waals surface area contributed by atoms with Gasteiger partial charge in [0.1, 0.15) is 5.75 Å². The van der Waals surface area contributed by atoms with E-state index in [0.29, 0.717) is 5.75 Å². The fraction of sp³-hybridized carbons (Fsp3) is 0.167. The molecular formula is C18H17BrO3. The summed E-state index contributed by atoms with van der Waals surface area (Å²) in [6.45, 7) is 3.55. The van der Waals surface area contributed by atoms with Gasteiger partial charge in [-0.2, -0.15) is 0 Å². The lowest BCUT2D eigenvalue weighted by atomic mass is 10.1. The first-order valence-electron chi connectivity index (χ1n) is 6.95. The molecule has 2 rings (SSSR count). The van der Waals surface area contributed by atoms with Crippen molar-refractivity contribution >= 4 is 34.2 Å². The Hall–Kier alpha value is -2.07. The fourth-order valence-corrected chi connectivity index (χ4v) is 1.99. The lowest BCUT2D eigenvalue weighted by molar-refractivity contribution is 0.0729. The van der Waals surface area contributed by atoms with Crippen molar-refractivity contribution in [3.05, 3.63) is 64.1 Å². The van der Waals surface area contributed by atoms with Crippen LogP contribution in [0, 0.1) is 0 Å². The van der Waals surface area contributed by atoms with Gasteiger partial charge in [0.05, 0.1) is 6.10 Å². The number of carbonyl (C=O) groups is 1. The molecule has 4 heteroatoms. The molecule has 0 aliphatic heterocycles. The third-order valence-electron chi connectivity index (χ3n) is 2.75. The summed E-state index contributed by atoms with van der Waals surface area (Å²) in [5.41, 5.74) is 2.14. The van der Waals surface area contributed by atoms with Crippen LogP contribution in [-0.2, 0) is 4.74 Å². The Morgan fingerprint density at radius 1 is 0.955 bits per heavy atom. The summed E-state index contributed by atoms with van der Waals surface area (Å²) in [5.74, 6) is 0.464. The molecule has 0 bridgehead atoms. The Kier molecular flexibility index (Phi) is 5.78. The van der Waals surface area contributed by atoms with E-state index < -0.39 is 6.16 Å². The Morgan fingerprint density at radius 3 is 1.95 bits per heavy atom. The SMILES string of the molecule is CC(C)OC(=O)Oc1ccc(C=Cc2ccc(Br)cc2)cc1. The minimum absolute atomic E-state index is 0.194. The van der Waals surface area contributed by atoms with Crippen LogP contribution in [0.25, 0.3) is 12.2 Å². The van der Waals surface area contributed by atoms with Gasteiger partial charge >= 0.3 is 6.16 Å². The first-order valence-corrected chi connectivity index (χ1v) is 7.74. The molecule has 0 N–H and O–H groups in total. The summed E-state index contributed by atoms with van der Waals surface area (Å²) in [6, 6.07) is 15.3. The maximum absolute atomic E-state index is 11.4. The molecule has 114 valence electrons. The molecule has 0 spiro atoms. The van der Waals surface area contributed by atoms with Crippen molar-refractivity contribution in [2.24, 2.45) is 0 Å². The van der Waals surface area contributed by atoms with E-state index in [1.165, 1.54) is 0 Å². The van der Waals surface area contributed by atoms with Gasteiger partial charge in [-0.1, -0.05) is 52.3 Å². The van der Waals surface area contributed by atoms with Crippen LogP contribution in [0.15, 0.2) is 53.0 Å². The average Bonchev–Trinajstić information content (AvgIpc) is 2.47. The summed E-state index contributed by atoms with van der Waals surface area (Å²) >= 11 is 3.41. The van der Waals surface area contributed by atoms with Gasteiger partial charge in [-0.05, 0) is 49.2 Å². The van der Waals surface area contributed by atoms with Gasteiger partial charge in [0.2, 0.25) is 0 Å². The van der Waals surface area contributed by atoms with E-state index in [2.05, 4.69) is 15.9 Å². The summed E-state index contributed by atoms with van der Waals surface area (Å²) in [4.78, 5) is 11.4. The molecule has 0 atom stereocenters. The van der Waals surface area contributed by atoms with Crippen LogP contribution in [-0.4, -0.2) is 12.3 Å². The summed E-state index contributed by atoms with van der Waals surface area (Å²) in [6.07, 6.45) is 3.14. The minimum atomic E-state index is -0.687. The predicted molar refractivity (Wildman–Crippen MR) is 91.8 cm³/mol. The second kappa shape index (κ2) is 7.80. The monoisotopic (exact) mass is 360 g/mol. The second-order valence-corrected chi connectivity index (χ2v) is 5.89. The summed E-state index contributed by atoms with van der Waals surface area (Å²) < 4.78 is 11.0. The molecule has 0 aromatic heterocycles. The molecule has 0 amide bonds. The Balaban J connectivity index is 1.97. The van der Waals surface area contributed by atoms with Crippen LogP contribution < -0.4 is 4.74 Å². The predicted octanol–water partition coefficient (Wildman–Crippen LogP) is 5.54. The number of hydrogen-bond acceptors (Lipinski definition) is 3. The molecule has 22 heavy (non-hydrogen) atoms. The highest BCUT2D eigenvalue weighted by Gasteiger charge is 2.07. The number of halogens is 1. The molecule has 0 radical (unpaired) electrons. The quantitative estimate of drug-likeness (QED) is 0.407. The zero-order valence-electron chi connectivity index (χ0n) is 12.5. The van der Waals surface area contributed by atoms with Crippen molar-refractivity contribution in [2.45, 2.75) is 20.0 Å². The van der Waals surface area contributed by atoms with E-state index >= 15 is 0 Å². The highest BCUT2D eigenvalue weighted by molar-refractivity contribution is 9.10. The maximum atomic E-state index is 11.4. The molecule has 0 unspecified atom stereocenters. The third kappa shape index (κ3) is 5.37. The average molecular weight is 361 g/mol. The van der Waals surface area contributed by atoms with Gasteiger partial charge < -0.3 is 9.47 Å². The van der Waals surface area contributed by atoms with Crippen LogP contribution in [0.1, 0.15) is 25.0 Å². The van der Waals surface area contributed by atoms with E-state index in [1.807, 2.05) is 48.6 Å². The molecule has 0 saturated heterocycles. The fourth-order valence-electron chi connectivity index (χ4n) is 1.73. The van der Waals surface area contributed by atoms with E-state index in [-0.39, 0.29) is 6.10 Å². The van der Waals surface area contributed by atoms with Crippen LogP contribution in [0.4, 0.5) is 4.79 Å². The summed E-state index contributed by atoms with van der Waals surface area (Å²) in [7, 11) is 0. The largest absolute Gasteiger partial charge is 0.514 e. The smallest absolute Gasteiger partial charge is 0.431 e. The molecule has 0 heterocycles.